The van der Waals surface area contributed by atoms with Gasteiger partial charge in [0.25, 0.3) is 0 Å². The number of nitrogens with zero attached hydrogens (tertiary/aromatic N) is 2. The Hall–Kier alpha value is -0.560. The molecule has 0 radical (unpaired) electrons. The Balaban J connectivity index is 0. The molecule has 1 aromatic carbocycles. The molecule has 152 valence electrons. The molecule has 8 heteroatoms. The number of benzene rings is 1. The van der Waals surface area contributed by atoms with Crippen LogP contribution in [0.2, 0.25) is 0 Å². The van der Waals surface area contributed by atoms with Crippen molar-refractivity contribution in [1.82, 2.24) is 15.1 Å². The number of rotatable bonds is 7. The Bertz CT molecular complexity index is 485. The molecule has 1 aromatic rings. The minimum absolute atomic E-state index is 0. The molecule has 0 aromatic heterocycles. The number of likely N-dealkylation sites (N-methyl/N-ethyl adjacent to an activating group) is 1. The Morgan fingerprint density at radius 1 is 1.12 bits per heavy atom. The fourth-order valence-corrected chi connectivity index (χ4v) is 2.90. The van der Waals surface area contributed by atoms with Crippen LogP contribution in [-0.4, -0.2) is 68.1 Å². The third-order valence-corrected chi connectivity index (χ3v) is 4.43. The summed E-state index contributed by atoms with van der Waals surface area (Å²) in [6.45, 7) is 8.38. The number of nitrogens with one attached hydrogen (secondary N) is 1. The molecule has 3 N–H and O–H groups in total. The van der Waals surface area contributed by atoms with Crippen LogP contribution in [-0.2, 0) is 11.2 Å². The first-order chi connectivity index (χ1) is 11.0. The lowest BCUT2D eigenvalue weighted by Crippen LogP contribution is -2.48. The highest BCUT2D eigenvalue weighted by atomic mass is 35.5. The Labute approximate surface area is 176 Å². The molecule has 1 aliphatic heterocycles. The van der Waals surface area contributed by atoms with Crippen molar-refractivity contribution >= 4 is 43.1 Å². The lowest BCUT2D eigenvalue weighted by atomic mass is 10.1. The molecular weight excluding hydrogens is 395 g/mol. The molecule has 2 unspecified atom stereocenters. The number of nitrogens with two attached hydrogens (primary N) is 1. The van der Waals surface area contributed by atoms with E-state index in [4.69, 9.17) is 5.73 Å². The minimum Gasteiger partial charge on any atom is -0.354 e. The zero-order chi connectivity index (χ0) is 16.7. The SMILES string of the molecule is CC(CNC(=O)C(N)Cc1ccccc1)CN1CCN(C)CC1.Cl.Cl.Cl. The van der Waals surface area contributed by atoms with Crippen molar-refractivity contribution in [2.75, 3.05) is 46.3 Å². The van der Waals surface area contributed by atoms with Gasteiger partial charge in [-0.15, -0.1) is 37.2 Å². The first kappa shape index (κ1) is 27.7. The van der Waals surface area contributed by atoms with Gasteiger partial charge in [-0.2, -0.15) is 0 Å². The van der Waals surface area contributed by atoms with Gasteiger partial charge >= 0.3 is 0 Å². The molecule has 2 atom stereocenters. The normalized spacial score (nSPS) is 17.0. The number of carbonyl (C=O) groups excluding carboxylic acids is 1. The number of hydrogen-bond donors (Lipinski definition) is 2. The molecule has 5 nitrogen and oxygen atoms in total. The van der Waals surface area contributed by atoms with Crippen molar-refractivity contribution in [3.63, 3.8) is 0 Å². The molecule has 0 aliphatic carbocycles. The molecule has 0 saturated carbocycles. The smallest absolute Gasteiger partial charge is 0.237 e. The zero-order valence-corrected chi connectivity index (χ0v) is 18.0. The van der Waals surface area contributed by atoms with E-state index in [1.54, 1.807) is 0 Å². The number of hydrogen-bond acceptors (Lipinski definition) is 4. The van der Waals surface area contributed by atoms with Crippen molar-refractivity contribution in [2.24, 2.45) is 11.7 Å². The summed E-state index contributed by atoms with van der Waals surface area (Å²) in [5.74, 6) is 0.380. The second-order valence-corrected chi connectivity index (χ2v) is 6.75. The van der Waals surface area contributed by atoms with Gasteiger partial charge in [0.2, 0.25) is 5.91 Å². The Kier molecular flexibility index (Phi) is 15.4. The van der Waals surface area contributed by atoms with E-state index in [0.717, 1.165) is 38.3 Å². The average Bonchev–Trinajstić information content (AvgIpc) is 2.55. The lowest BCUT2D eigenvalue weighted by Gasteiger charge is -2.34. The van der Waals surface area contributed by atoms with Crippen molar-refractivity contribution < 1.29 is 4.79 Å². The van der Waals surface area contributed by atoms with Crippen LogP contribution in [0.15, 0.2) is 30.3 Å². The molecule has 0 spiro atoms. The van der Waals surface area contributed by atoms with E-state index in [2.05, 4.69) is 29.1 Å². The van der Waals surface area contributed by atoms with Crippen LogP contribution >= 0.6 is 37.2 Å². The maximum Gasteiger partial charge on any atom is 0.237 e. The summed E-state index contributed by atoms with van der Waals surface area (Å²) in [5.41, 5.74) is 7.10. The number of piperazine rings is 1. The third kappa shape index (κ3) is 9.95. The van der Waals surface area contributed by atoms with E-state index in [-0.39, 0.29) is 43.1 Å². The lowest BCUT2D eigenvalue weighted by molar-refractivity contribution is -0.122. The van der Waals surface area contributed by atoms with Gasteiger partial charge in [0.15, 0.2) is 0 Å². The van der Waals surface area contributed by atoms with Crippen LogP contribution < -0.4 is 11.1 Å². The molecule has 1 heterocycles. The van der Waals surface area contributed by atoms with Gasteiger partial charge in [0, 0.05) is 39.3 Å². The predicted molar refractivity (Wildman–Crippen MR) is 116 cm³/mol. The highest BCUT2D eigenvalue weighted by Crippen LogP contribution is 2.05. The Morgan fingerprint density at radius 3 is 2.27 bits per heavy atom. The molecule has 1 fully saturated rings. The van der Waals surface area contributed by atoms with Gasteiger partial charge < -0.3 is 20.9 Å². The molecule has 2 rings (SSSR count). The molecule has 1 amide bonds. The topological polar surface area (TPSA) is 61.6 Å². The number of amides is 1. The summed E-state index contributed by atoms with van der Waals surface area (Å²) in [6.07, 6.45) is 0.583. The highest BCUT2D eigenvalue weighted by Gasteiger charge is 2.18. The first-order valence-electron chi connectivity index (χ1n) is 8.52. The van der Waals surface area contributed by atoms with E-state index in [1.807, 2.05) is 30.3 Å². The molecular formula is C18H33Cl3N4O. The van der Waals surface area contributed by atoms with Crippen LogP contribution in [0.25, 0.3) is 0 Å². The summed E-state index contributed by atoms with van der Waals surface area (Å²) < 4.78 is 0. The van der Waals surface area contributed by atoms with Gasteiger partial charge in [-0.25, -0.2) is 0 Å². The fourth-order valence-electron chi connectivity index (χ4n) is 2.90. The summed E-state index contributed by atoms with van der Waals surface area (Å²) >= 11 is 0. The summed E-state index contributed by atoms with van der Waals surface area (Å²) in [7, 11) is 2.16. The standard InChI is InChI=1S/C18H30N4O.3ClH/c1-15(14-22-10-8-21(2)9-11-22)13-20-18(23)17(19)12-16-6-4-3-5-7-16;;;/h3-7,15,17H,8-14,19H2,1-2H3,(H,20,23);3*1H. The molecule has 1 saturated heterocycles. The quantitative estimate of drug-likeness (QED) is 0.697. The fraction of sp³-hybridized carbons (Fsp3) is 0.611. The summed E-state index contributed by atoms with van der Waals surface area (Å²) in [4.78, 5) is 17.0. The van der Waals surface area contributed by atoms with E-state index >= 15 is 0 Å². The number of carbonyl (C=O) groups is 1. The molecule has 0 bridgehead atoms. The van der Waals surface area contributed by atoms with Crippen LogP contribution in [0.3, 0.4) is 0 Å². The second kappa shape index (κ2) is 14.5. The first-order valence-corrected chi connectivity index (χ1v) is 8.52. The van der Waals surface area contributed by atoms with Gasteiger partial charge in [-0.1, -0.05) is 37.3 Å². The monoisotopic (exact) mass is 426 g/mol. The van der Waals surface area contributed by atoms with E-state index in [1.165, 1.54) is 0 Å². The summed E-state index contributed by atoms with van der Waals surface area (Å²) in [5, 5.41) is 3.00. The minimum atomic E-state index is -0.478. The Morgan fingerprint density at radius 2 is 1.69 bits per heavy atom. The predicted octanol–water partition coefficient (Wildman–Crippen LogP) is 1.82. The average molecular weight is 428 g/mol. The number of halogens is 3. The van der Waals surface area contributed by atoms with Crippen molar-refractivity contribution in [3.8, 4) is 0 Å². The van der Waals surface area contributed by atoms with E-state index in [9.17, 15) is 4.79 Å². The molecule has 1 aliphatic rings. The maximum atomic E-state index is 12.1. The van der Waals surface area contributed by atoms with Crippen molar-refractivity contribution in [2.45, 2.75) is 19.4 Å². The van der Waals surface area contributed by atoms with Crippen LogP contribution in [0.4, 0.5) is 0 Å². The second-order valence-electron chi connectivity index (χ2n) is 6.75. The van der Waals surface area contributed by atoms with Crippen LogP contribution in [0.1, 0.15) is 12.5 Å². The molecule has 26 heavy (non-hydrogen) atoms. The maximum absolute atomic E-state index is 12.1. The van der Waals surface area contributed by atoms with Gasteiger partial charge in [-0.05, 0) is 24.9 Å². The van der Waals surface area contributed by atoms with Gasteiger partial charge in [0.05, 0.1) is 6.04 Å². The highest BCUT2D eigenvalue weighted by molar-refractivity contribution is 5.86. The van der Waals surface area contributed by atoms with E-state index < -0.39 is 6.04 Å². The summed E-state index contributed by atoms with van der Waals surface area (Å²) in [6, 6.07) is 9.44. The van der Waals surface area contributed by atoms with Crippen LogP contribution in [0, 0.1) is 5.92 Å². The van der Waals surface area contributed by atoms with Crippen molar-refractivity contribution in [1.29, 1.82) is 0 Å². The largest absolute Gasteiger partial charge is 0.354 e. The van der Waals surface area contributed by atoms with Crippen LogP contribution in [0.5, 0.6) is 0 Å². The van der Waals surface area contributed by atoms with Crippen molar-refractivity contribution in [3.05, 3.63) is 35.9 Å². The zero-order valence-electron chi connectivity index (χ0n) is 15.6. The third-order valence-electron chi connectivity index (χ3n) is 4.43. The van der Waals surface area contributed by atoms with E-state index in [0.29, 0.717) is 18.9 Å². The van der Waals surface area contributed by atoms with Gasteiger partial charge in [-0.3, -0.25) is 4.79 Å². The van der Waals surface area contributed by atoms with Gasteiger partial charge in [0.1, 0.15) is 0 Å².